The summed E-state index contributed by atoms with van der Waals surface area (Å²) in [5, 5.41) is 3.97. The van der Waals surface area contributed by atoms with Gasteiger partial charge < -0.3 is 10.1 Å². The molecular weight excluding hydrogens is 186 g/mol. The minimum absolute atomic E-state index is 0.0474. The van der Waals surface area contributed by atoms with Crippen LogP contribution in [0.1, 0.15) is 19.8 Å². The first-order valence-electron chi connectivity index (χ1n) is 4.64. The molecule has 0 aliphatic carbocycles. The highest BCUT2D eigenvalue weighted by Gasteiger charge is 2.19. The molecule has 4 heteroatoms. The maximum Gasteiger partial charge on any atom is 0.308 e. The number of hydrogen-bond donors (Lipinski definition) is 1. The lowest BCUT2D eigenvalue weighted by atomic mass is 10.0. The number of thioether (sulfide) groups is 1. The van der Waals surface area contributed by atoms with Gasteiger partial charge in [-0.1, -0.05) is 6.92 Å². The maximum atomic E-state index is 11.1. The monoisotopic (exact) mass is 203 g/mol. The first-order chi connectivity index (χ1) is 6.24. The Morgan fingerprint density at radius 2 is 2.54 bits per heavy atom. The molecule has 1 saturated heterocycles. The van der Waals surface area contributed by atoms with E-state index in [0.717, 1.165) is 25.3 Å². The van der Waals surface area contributed by atoms with Crippen molar-refractivity contribution < 1.29 is 9.53 Å². The van der Waals surface area contributed by atoms with Crippen LogP contribution in [0, 0.1) is 5.92 Å². The minimum Gasteiger partial charge on any atom is -0.469 e. The van der Waals surface area contributed by atoms with Crippen molar-refractivity contribution in [2.75, 3.05) is 19.5 Å². The van der Waals surface area contributed by atoms with Gasteiger partial charge in [-0.15, -0.1) is 11.8 Å². The molecule has 0 bridgehead atoms. The van der Waals surface area contributed by atoms with Crippen molar-refractivity contribution in [1.29, 1.82) is 0 Å². The third kappa shape index (κ3) is 3.56. The van der Waals surface area contributed by atoms with Crippen LogP contribution in [0.15, 0.2) is 0 Å². The summed E-state index contributed by atoms with van der Waals surface area (Å²) >= 11 is 1.94. The highest BCUT2D eigenvalue weighted by Crippen LogP contribution is 2.22. The van der Waals surface area contributed by atoms with Gasteiger partial charge in [0.25, 0.3) is 0 Å². The highest BCUT2D eigenvalue weighted by atomic mass is 32.2. The molecule has 1 fully saturated rings. The number of hydrogen-bond acceptors (Lipinski definition) is 4. The van der Waals surface area contributed by atoms with Gasteiger partial charge in [-0.05, 0) is 12.8 Å². The van der Waals surface area contributed by atoms with E-state index in [9.17, 15) is 4.79 Å². The predicted octanol–water partition coefficient (Wildman–Crippen LogP) is 1.24. The van der Waals surface area contributed by atoms with E-state index in [2.05, 4.69) is 10.1 Å². The summed E-state index contributed by atoms with van der Waals surface area (Å²) in [6.45, 7) is 3.01. The number of esters is 1. The maximum absolute atomic E-state index is 11.1. The molecule has 0 amide bonds. The Bertz CT molecular complexity index is 169. The van der Waals surface area contributed by atoms with Gasteiger partial charge in [-0.25, -0.2) is 0 Å². The van der Waals surface area contributed by atoms with E-state index in [4.69, 9.17) is 0 Å². The van der Waals surface area contributed by atoms with Crippen molar-refractivity contribution in [2.45, 2.75) is 25.0 Å². The second-order valence-electron chi connectivity index (χ2n) is 3.39. The van der Waals surface area contributed by atoms with Crippen molar-refractivity contribution in [3.63, 3.8) is 0 Å². The van der Waals surface area contributed by atoms with Crippen molar-refractivity contribution in [3.05, 3.63) is 0 Å². The summed E-state index contributed by atoms with van der Waals surface area (Å²) in [4.78, 5) is 11.1. The molecule has 13 heavy (non-hydrogen) atoms. The van der Waals surface area contributed by atoms with Crippen LogP contribution in [0.3, 0.4) is 0 Å². The molecule has 3 nitrogen and oxygen atoms in total. The lowest BCUT2D eigenvalue weighted by Gasteiger charge is -2.11. The molecule has 0 radical (unpaired) electrons. The number of methoxy groups -OCH3 is 1. The second kappa shape index (κ2) is 5.50. The molecular formula is C9H17NO2S. The molecule has 1 aliphatic rings. The highest BCUT2D eigenvalue weighted by molar-refractivity contribution is 8.00. The summed E-state index contributed by atoms with van der Waals surface area (Å²) in [7, 11) is 1.45. The molecule has 1 N–H and O–H groups in total. The van der Waals surface area contributed by atoms with Crippen LogP contribution in [-0.2, 0) is 9.53 Å². The Balaban J connectivity index is 2.13. The summed E-state index contributed by atoms with van der Waals surface area (Å²) < 4.78 is 4.67. The smallest absolute Gasteiger partial charge is 0.308 e. The van der Waals surface area contributed by atoms with E-state index >= 15 is 0 Å². The molecule has 0 saturated carbocycles. The van der Waals surface area contributed by atoms with Gasteiger partial charge in [0.05, 0.1) is 13.0 Å². The lowest BCUT2D eigenvalue weighted by Crippen LogP contribution is -2.17. The zero-order valence-corrected chi connectivity index (χ0v) is 9.02. The van der Waals surface area contributed by atoms with Crippen LogP contribution in [0.5, 0.6) is 0 Å². The fraction of sp³-hybridized carbons (Fsp3) is 0.889. The fourth-order valence-corrected chi connectivity index (χ4v) is 2.41. The minimum atomic E-state index is -0.0871. The molecule has 0 aromatic heterocycles. The number of carbonyl (C=O) groups is 1. The van der Waals surface area contributed by atoms with Gasteiger partial charge in [-0.3, -0.25) is 4.79 Å². The Hall–Kier alpha value is -0.220. The zero-order chi connectivity index (χ0) is 9.68. The number of nitrogens with one attached hydrogen (secondary N) is 1. The number of ether oxygens (including phenoxy) is 1. The van der Waals surface area contributed by atoms with Crippen LogP contribution in [0.25, 0.3) is 0 Å². The van der Waals surface area contributed by atoms with Crippen LogP contribution in [0.4, 0.5) is 0 Å². The van der Waals surface area contributed by atoms with Gasteiger partial charge >= 0.3 is 5.97 Å². The van der Waals surface area contributed by atoms with Gasteiger partial charge in [0.15, 0.2) is 0 Å². The van der Waals surface area contributed by atoms with Gasteiger partial charge in [0.1, 0.15) is 0 Å². The van der Waals surface area contributed by atoms with Gasteiger partial charge in [-0.2, -0.15) is 0 Å². The van der Waals surface area contributed by atoms with Crippen molar-refractivity contribution >= 4 is 17.7 Å². The Morgan fingerprint density at radius 1 is 1.77 bits per heavy atom. The summed E-state index contributed by atoms with van der Waals surface area (Å²) in [6.07, 6.45) is 2.04. The van der Waals surface area contributed by atoms with E-state index in [-0.39, 0.29) is 11.9 Å². The molecule has 1 heterocycles. The molecule has 0 aromatic rings. The normalized spacial score (nSPS) is 24.3. The standard InChI is InChI=1S/C9H17NO2S/c1-7(9(11)12-2)3-4-8-5-10-6-13-8/h7-8,10H,3-6H2,1-2H3. The van der Waals surface area contributed by atoms with Crippen molar-refractivity contribution in [2.24, 2.45) is 5.92 Å². The van der Waals surface area contributed by atoms with E-state index in [1.807, 2.05) is 18.7 Å². The lowest BCUT2D eigenvalue weighted by molar-refractivity contribution is -0.145. The molecule has 0 spiro atoms. The molecule has 0 aromatic carbocycles. The third-order valence-corrected chi connectivity index (χ3v) is 3.56. The Labute approximate surface area is 83.6 Å². The quantitative estimate of drug-likeness (QED) is 0.698. The van der Waals surface area contributed by atoms with Crippen LogP contribution < -0.4 is 5.32 Å². The Morgan fingerprint density at radius 3 is 3.08 bits per heavy atom. The third-order valence-electron chi connectivity index (χ3n) is 2.32. The first-order valence-corrected chi connectivity index (χ1v) is 5.69. The molecule has 1 rings (SSSR count). The van der Waals surface area contributed by atoms with Crippen LogP contribution >= 0.6 is 11.8 Å². The first kappa shape index (κ1) is 10.9. The zero-order valence-electron chi connectivity index (χ0n) is 8.21. The van der Waals surface area contributed by atoms with Crippen LogP contribution in [0.2, 0.25) is 0 Å². The van der Waals surface area contributed by atoms with E-state index in [1.165, 1.54) is 7.11 Å². The number of rotatable bonds is 4. The summed E-state index contributed by atoms with van der Waals surface area (Å²) in [5.41, 5.74) is 0. The average molecular weight is 203 g/mol. The molecule has 1 aliphatic heterocycles. The SMILES string of the molecule is COC(=O)C(C)CCC1CNCS1. The predicted molar refractivity (Wildman–Crippen MR) is 54.7 cm³/mol. The molecule has 76 valence electrons. The van der Waals surface area contributed by atoms with Crippen molar-refractivity contribution in [1.82, 2.24) is 5.32 Å². The van der Waals surface area contributed by atoms with E-state index < -0.39 is 0 Å². The van der Waals surface area contributed by atoms with Crippen molar-refractivity contribution in [3.8, 4) is 0 Å². The van der Waals surface area contributed by atoms with E-state index in [1.54, 1.807) is 0 Å². The van der Waals surface area contributed by atoms with Crippen LogP contribution in [-0.4, -0.2) is 30.8 Å². The summed E-state index contributed by atoms with van der Waals surface area (Å²) in [6, 6.07) is 0. The fourth-order valence-electron chi connectivity index (χ4n) is 1.40. The molecule has 2 atom stereocenters. The average Bonchev–Trinajstić information content (AvgIpc) is 2.65. The topological polar surface area (TPSA) is 38.3 Å². The Kier molecular flexibility index (Phi) is 4.59. The summed E-state index contributed by atoms with van der Waals surface area (Å²) in [5.74, 6) is 1.01. The van der Waals surface area contributed by atoms with Gasteiger partial charge in [0.2, 0.25) is 0 Å². The van der Waals surface area contributed by atoms with E-state index in [0.29, 0.717) is 5.25 Å². The molecule has 2 unspecified atom stereocenters. The van der Waals surface area contributed by atoms with Gasteiger partial charge in [0, 0.05) is 17.7 Å². The second-order valence-corrected chi connectivity index (χ2v) is 4.68. The largest absolute Gasteiger partial charge is 0.469 e. The number of carbonyl (C=O) groups excluding carboxylic acids is 1.